The molecule has 0 unspecified atom stereocenters. The van der Waals surface area contributed by atoms with E-state index in [1.807, 2.05) is 36.4 Å². The van der Waals surface area contributed by atoms with Crippen molar-refractivity contribution in [1.82, 2.24) is 0 Å². The Hall–Kier alpha value is -0.560. The van der Waals surface area contributed by atoms with E-state index in [1.54, 1.807) is 23.5 Å². The van der Waals surface area contributed by atoms with Crippen LogP contribution in [0.3, 0.4) is 0 Å². The van der Waals surface area contributed by atoms with Crippen LogP contribution in [-0.4, -0.2) is 22.8 Å². The van der Waals surface area contributed by atoms with Gasteiger partial charge in [-0.1, -0.05) is 0 Å². The summed E-state index contributed by atoms with van der Waals surface area (Å²) >= 11 is 3.46. The van der Waals surface area contributed by atoms with Crippen molar-refractivity contribution in [2.45, 2.75) is 63.6 Å². The monoisotopic (exact) mass is 556 g/mol. The van der Waals surface area contributed by atoms with Crippen molar-refractivity contribution in [3.8, 4) is 0 Å². The summed E-state index contributed by atoms with van der Waals surface area (Å²) in [6.07, 6.45) is 7.38. The van der Waals surface area contributed by atoms with Crippen LogP contribution in [0, 0.1) is 10.2 Å². The minimum atomic E-state index is -4.54. The molecule has 0 aliphatic carbocycles. The quantitative estimate of drug-likeness (QED) is 0.263. The van der Waals surface area contributed by atoms with Crippen molar-refractivity contribution in [2.24, 2.45) is 0 Å². The zero-order chi connectivity index (χ0) is 25.4. The fourth-order valence-corrected chi connectivity index (χ4v) is 20.0. The van der Waals surface area contributed by atoms with E-state index in [1.165, 1.54) is 0 Å². The maximum absolute atomic E-state index is 12.4. The summed E-state index contributed by atoms with van der Waals surface area (Å²) in [6.45, 7) is 2.85. The Labute approximate surface area is 221 Å². The van der Waals surface area contributed by atoms with E-state index in [0.717, 1.165) is 59.5 Å². The number of thioether (sulfide) groups is 2. The topological polar surface area (TPSA) is 78.4 Å². The first kappa shape index (κ1) is 29.0. The number of hydrogen-bond donors (Lipinski definition) is 0. The molecule has 8 heteroatoms. The number of hydrogen-bond acceptors (Lipinski definition) is 6. The molecule has 0 radical (unpaired) electrons. The van der Waals surface area contributed by atoms with Gasteiger partial charge >= 0.3 is 222 Å². The van der Waals surface area contributed by atoms with Gasteiger partial charge in [0.1, 0.15) is 0 Å². The molecule has 0 bridgehead atoms. The average molecular weight is 557 g/mol. The van der Waals surface area contributed by atoms with Crippen LogP contribution < -0.4 is 14.0 Å². The van der Waals surface area contributed by atoms with Gasteiger partial charge in [0.05, 0.1) is 0 Å². The van der Waals surface area contributed by atoms with E-state index in [4.69, 9.17) is 4.08 Å². The molecule has 0 saturated heterocycles. The summed E-state index contributed by atoms with van der Waals surface area (Å²) in [5, 5.41) is 0. The van der Waals surface area contributed by atoms with Gasteiger partial charge in [-0.05, 0) is 0 Å². The Kier molecular flexibility index (Phi) is 10.6. The fourth-order valence-electron chi connectivity index (χ4n) is 4.81. The van der Waals surface area contributed by atoms with Crippen LogP contribution in [0.5, 0.6) is 0 Å². The third kappa shape index (κ3) is 7.06. The van der Waals surface area contributed by atoms with Crippen molar-refractivity contribution < 1.29 is 28.3 Å². The Balaban J connectivity index is 2.18. The first-order chi connectivity index (χ1) is 16.8. The van der Waals surface area contributed by atoms with Crippen LogP contribution in [0.1, 0.15) is 70.4 Å². The van der Waals surface area contributed by atoms with Crippen molar-refractivity contribution in [1.29, 1.82) is 0 Å². The molecule has 2 aromatic carbocycles. The summed E-state index contributed by atoms with van der Waals surface area (Å²) in [5.74, 6) is 0. The van der Waals surface area contributed by atoms with Crippen molar-refractivity contribution >= 4 is 40.2 Å². The van der Waals surface area contributed by atoms with E-state index in [0.29, 0.717) is 18.5 Å². The van der Waals surface area contributed by atoms with Crippen molar-refractivity contribution in [2.75, 3.05) is 18.5 Å². The van der Waals surface area contributed by atoms with Gasteiger partial charge in [-0.25, -0.2) is 0 Å². The summed E-state index contributed by atoms with van der Waals surface area (Å²) in [4.78, 5) is 2.29. The molecule has 0 fully saturated rings. The van der Waals surface area contributed by atoms with Gasteiger partial charge in [-0.2, -0.15) is 0 Å². The molecule has 1 aliphatic rings. The van der Waals surface area contributed by atoms with Gasteiger partial charge in [-0.15, -0.1) is 0 Å². The Morgan fingerprint density at radius 3 is 1.37 bits per heavy atom. The van der Waals surface area contributed by atoms with Gasteiger partial charge < -0.3 is 0 Å². The van der Waals surface area contributed by atoms with E-state index in [2.05, 4.69) is 45.0 Å². The molecule has 2 aromatic rings. The second-order valence-corrected chi connectivity index (χ2v) is 19.1. The normalized spacial score (nSPS) is 16.5. The van der Waals surface area contributed by atoms with Crippen LogP contribution in [0.15, 0.2) is 60.7 Å². The third-order valence-corrected chi connectivity index (χ3v) is 20.4. The Morgan fingerprint density at radius 1 is 0.686 bits per heavy atom. The zero-order valence-electron chi connectivity index (χ0n) is 21.0. The van der Waals surface area contributed by atoms with Crippen LogP contribution >= 0.6 is 30.4 Å². The molecule has 1 aliphatic heterocycles. The summed E-state index contributed by atoms with van der Waals surface area (Å²) < 4.78 is 43.1. The molecule has 35 heavy (non-hydrogen) atoms. The fraction of sp³-hybridized carbons (Fsp3) is 0.481. The minimum absolute atomic E-state index is 0.132. The van der Waals surface area contributed by atoms with Gasteiger partial charge in [0, 0.05) is 0 Å². The molecule has 4 nitrogen and oxygen atoms in total. The van der Waals surface area contributed by atoms with Gasteiger partial charge in [0.2, 0.25) is 0 Å². The van der Waals surface area contributed by atoms with Gasteiger partial charge in [0.15, 0.2) is 0 Å². The molecular formula is C27H38ClO4PS2. The van der Waals surface area contributed by atoms with Gasteiger partial charge in [-0.3, -0.25) is 0 Å². The molecule has 0 N–H and O–H groups in total. The van der Waals surface area contributed by atoms with E-state index < -0.39 is 17.1 Å². The molecule has 1 heterocycles. The first-order valence-electron chi connectivity index (χ1n) is 12.6. The standard InChI is InChI=1S/C27H38ClO4PS2/c1-4-7-20-33(21-8-5-2,22-9-6-3,32-28(29,30)31)27-34-25(23-16-12-10-13-17-23)26(35-27)24-18-14-11-15-19-24/h10-19,27H,4-9,20-22H2,1-3H3. The second-order valence-electron chi connectivity index (χ2n) is 9.32. The zero-order valence-corrected chi connectivity index (χ0v) is 24.3. The SMILES string of the molecule is CCCCP(CCCC)(CCCC)(O[Cl+3]([O-])([O-])[O-])C1SC(c2ccccc2)=C(c2ccccc2)S1. The Morgan fingerprint density at radius 2 is 1.06 bits per heavy atom. The maximum atomic E-state index is 12.4. The van der Waals surface area contributed by atoms with Crippen LogP contribution in [-0.2, 0) is 4.08 Å². The molecule has 3 rings (SSSR count). The molecule has 0 aromatic heterocycles. The number of benzene rings is 2. The second kappa shape index (κ2) is 12.8. The average Bonchev–Trinajstić information content (AvgIpc) is 3.32. The molecular weight excluding hydrogens is 519 g/mol. The van der Waals surface area contributed by atoms with E-state index in [-0.39, 0.29) is 4.32 Å². The Bertz CT molecular complexity index is 890. The van der Waals surface area contributed by atoms with Crippen molar-refractivity contribution in [3.05, 3.63) is 71.8 Å². The molecule has 0 atom stereocenters. The first-order valence-corrected chi connectivity index (χ1v) is 18.4. The molecule has 194 valence electrons. The third-order valence-electron chi connectivity index (χ3n) is 6.66. The summed E-state index contributed by atoms with van der Waals surface area (Å²) in [6, 6.07) is 20.6. The van der Waals surface area contributed by atoms with E-state index >= 15 is 0 Å². The van der Waals surface area contributed by atoms with Gasteiger partial charge in [0.25, 0.3) is 0 Å². The summed E-state index contributed by atoms with van der Waals surface area (Å²) in [7, 11) is -4.54. The summed E-state index contributed by atoms with van der Waals surface area (Å²) in [5.41, 5.74) is 2.24. The number of unbranched alkanes of at least 4 members (excludes halogenated alkanes) is 3. The predicted molar refractivity (Wildman–Crippen MR) is 146 cm³/mol. The number of halogens is 1. The van der Waals surface area contributed by atoms with Crippen LogP contribution in [0.2, 0.25) is 0 Å². The van der Waals surface area contributed by atoms with Crippen molar-refractivity contribution in [3.63, 3.8) is 0 Å². The number of rotatable bonds is 14. The van der Waals surface area contributed by atoms with Crippen LogP contribution in [0.25, 0.3) is 9.81 Å². The van der Waals surface area contributed by atoms with E-state index in [9.17, 15) is 14.0 Å². The molecule has 0 spiro atoms. The molecule has 0 saturated carbocycles. The van der Waals surface area contributed by atoms with Crippen LogP contribution in [0.4, 0.5) is 0 Å². The molecule has 0 amide bonds. The predicted octanol–water partition coefficient (Wildman–Crippen LogP) is 6.06.